The van der Waals surface area contributed by atoms with Gasteiger partial charge in [-0.05, 0) is 44.2 Å². The highest BCUT2D eigenvalue weighted by molar-refractivity contribution is 5.34. The van der Waals surface area contributed by atoms with Crippen molar-refractivity contribution >= 4 is 0 Å². The summed E-state index contributed by atoms with van der Waals surface area (Å²) >= 11 is 0. The molecule has 0 bridgehead atoms. The molecule has 0 aromatic heterocycles. The van der Waals surface area contributed by atoms with E-state index >= 15 is 0 Å². The number of hydrogen-bond acceptors (Lipinski definition) is 3. The minimum Gasteiger partial charge on any atom is -0.496 e. The SMILES string of the molecule is CCNC(C1=CCCO1)c1cccc(OC(C)C)c1. The van der Waals surface area contributed by atoms with Crippen molar-refractivity contribution in [2.75, 3.05) is 13.2 Å². The predicted octanol–water partition coefficient (Wildman–Crippen LogP) is 3.43. The standard InChI is InChI=1S/C16H23NO2/c1-4-17-16(15-9-6-10-18-15)13-7-5-8-14(11-13)19-12(2)3/h5,7-9,11-12,16-17H,4,6,10H2,1-3H3. The molecule has 3 nitrogen and oxygen atoms in total. The lowest BCUT2D eigenvalue weighted by Crippen LogP contribution is -2.23. The molecular formula is C16H23NO2. The summed E-state index contributed by atoms with van der Waals surface area (Å²) in [7, 11) is 0. The highest BCUT2D eigenvalue weighted by atomic mass is 16.5. The van der Waals surface area contributed by atoms with Crippen LogP contribution in [0.4, 0.5) is 0 Å². The highest BCUT2D eigenvalue weighted by Crippen LogP contribution is 2.28. The third-order valence-electron chi connectivity index (χ3n) is 2.99. The molecule has 2 rings (SSSR count). The van der Waals surface area contributed by atoms with Crippen LogP contribution < -0.4 is 10.1 Å². The maximum absolute atomic E-state index is 5.76. The van der Waals surface area contributed by atoms with Gasteiger partial charge in [0.15, 0.2) is 0 Å². The lowest BCUT2D eigenvalue weighted by atomic mass is 10.0. The van der Waals surface area contributed by atoms with Crippen molar-refractivity contribution < 1.29 is 9.47 Å². The minimum atomic E-state index is 0.128. The molecule has 1 aliphatic heterocycles. The Morgan fingerprint density at radius 2 is 2.21 bits per heavy atom. The minimum absolute atomic E-state index is 0.128. The van der Waals surface area contributed by atoms with Crippen molar-refractivity contribution in [2.24, 2.45) is 0 Å². The molecule has 0 amide bonds. The molecule has 1 unspecified atom stereocenters. The summed E-state index contributed by atoms with van der Waals surface area (Å²) in [5, 5.41) is 3.47. The summed E-state index contributed by atoms with van der Waals surface area (Å²) in [6.45, 7) is 7.88. The second-order valence-corrected chi connectivity index (χ2v) is 4.97. The van der Waals surface area contributed by atoms with Crippen LogP contribution >= 0.6 is 0 Å². The van der Waals surface area contributed by atoms with Gasteiger partial charge < -0.3 is 14.8 Å². The second-order valence-electron chi connectivity index (χ2n) is 4.97. The fourth-order valence-electron chi connectivity index (χ4n) is 2.26. The van der Waals surface area contributed by atoms with Gasteiger partial charge in [-0.3, -0.25) is 0 Å². The normalized spacial score (nSPS) is 16.1. The van der Waals surface area contributed by atoms with Gasteiger partial charge in [-0.25, -0.2) is 0 Å². The zero-order valence-corrected chi connectivity index (χ0v) is 12.0. The van der Waals surface area contributed by atoms with Crippen LogP contribution in [0.1, 0.15) is 38.8 Å². The Morgan fingerprint density at radius 1 is 1.37 bits per heavy atom. The van der Waals surface area contributed by atoms with Crippen LogP contribution in [0.3, 0.4) is 0 Å². The van der Waals surface area contributed by atoms with E-state index in [-0.39, 0.29) is 12.1 Å². The van der Waals surface area contributed by atoms with Crippen LogP contribution in [0.15, 0.2) is 36.1 Å². The molecule has 1 aromatic rings. The smallest absolute Gasteiger partial charge is 0.120 e. The van der Waals surface area contributed by atoms with E-state index in [2.05, 4.69) is 30.4 Å². The summed E-state index contributed by atoms with van der Waals surface area (Å²) in [5.74, 6) is 1.94. The average molecular weight is 261 g/mol. The van der Waals surface area contributed by atoms with Gasteiger partial charge in [0.2, 0.25) is 0 Å². The Kier molecular flexibility index (Phi) is 4.86. The first-order valence-corrected chi connectivity index (χ1v) is 7.03. The molecule has 1 heterocycles. The summed E-state index contributed by atoms with van der Waals surface area (Å²) in [5.41, 5.74) is 1.19. The first-order chi connectivity index (χ1) is 9.20. The van der Waals surface area contributed by atoms with Gasteiger partial charge in [-0.1, -0.05) is 19.1 Å². The molecule has 19 heavy (non-hydrogen) atoms. The van der Waals surface area contributed by atoms with E-state index in [0.29, 0.717) is 0 Å². The van der Waals surface area contributed by atoms with Gasteiger partial charge in [0.25, 0.3) is 0 Å². The Bertz CT molecular complexity index is 440. The Labute approximate surface area is 115 Å². The van der Waals surface area contributed by atoms with Crippen LogP contribution in [0, 0.1) is 0 Å². The molecule has 0 spiro atoms. The van der Waals surface area contributed by atoms with Crippen LogP contribution in [-0.4, -0.2) is 19.3 Å². The second kappa shape index (κ2) is 6.62. The Morgan fingerprint density at radius 3 is 2.84 bits per heavy atom. The molecule has 0 saturated carbocycles. The number of nitrogens with one attached hydrogen (secondary N) is 1. The molecular weight excluding hydrogens is 238 g/mol. The number of ether oxygens (including phenoxy) is 2. The van der Waals surface area contributed by atoms with E-state index in [1.54, 1.807) is 0 Å². The van der Waals surface area contributed by atoms with Crippen LogP contribution in [0.5, 0.6) is 5.75 Å². The fraction of sp³-hybridized carbons (Fsp3) is 0.500. The molecule has 104 valence electrons. The van der Waals surface area contributed by atoms with Crippen LogP contribution in [-0.2, 0) is 4.74 Å². The number of benzene rings is 1. The monoisotopic (exact) mass is 261 g/mol. The van der Waals surface area contributed by atoms with Crippen LogP contribution in [0.2, 0.25) is 0 Å². The number of rotatable bonds is 6. The Hall–Kier alpha value is -1.48. The summed E-state index contributed by atoms with van der Waals surface area (Å²) in [6, 6.07) is 8.37. The topological polar surface area (TPSA) is 30.5 Å². The van der Waals surface area contributed by atoms with Gasteiger partial charge in [-0.15, -0.1) is 0 Å². The third kappa shape index (κ3) is 3.74. The van der Waals surface area contributed by atoms with Gasteiger partial charge >= 0.3 is 0 Å². The average Bonchev–Trinajstić information content (AvgIpc) is 2.89. The molecule has 0 aliphatic carbocycles. The molecule has 0 saturated heterocycles. The van der Waals surface area contributed by atoms with Crippen molar-refractivity contribution in [2.45, 2.75) is 39.3 Å². The van der Waals surface area contributed by atoms with E-state index in [1.165, 1.54) is 5.56 Å². The summed E-state index contributed by atoms with van der Waals surface area (Å²) < 4.78 is 11.5. The quantitative estimate of drug-likeness (QED) is 0.851. The lowest BCUT2D eigenvalue weighted by molar-refractivity contribution is 0.215. The van der Waals surface area contributed by atoms with Gasteiger partial charge in [0.1, 0.15) is 11.5 Å². The first-order valence-electron chi connectivity index (χ1n) is 7.03. The van der Waals surface area contributed by atoms with E-state index < -0.39 is 0 Å². The molecule has 1 aromatic carbocycles. The van der Waals surface area contributed by atoms with E-state index in [9.17, 15) is 0 Å². The highest BCUT2D eigenvalue weighted by Gasteiger charge is 2.20. The largest absolute Gasteiger partial charge is 0.496 e. The molecule has 1 aliphatic rings. The predicted molar refractivity (Wildman–Crippen MR) is 77.3 cm³/mol. The number of hydrogen-bond donors (Lipinski definition) is 1. The number of likely N-dealkylation sites (N-methyl/N-ethyl adjacent to an activating group) is 1. The maximum Gasteiger partial charge on any atom is 0.120 e. The van der Waals surface area contributed by atoms with Crippen molar-refractivity contribution in [1.82, 2.24) is 5.32 Å². The molecule has 0 fully saturated rings. The fourth-order valence-corrected chi connectivity index (χ4v) is 2.26. The van der Waals surface area contributed by atoms with E-state index in [1.807, 2.05) is 26.0 Å². The van der Waals surface area contributed by atoms with Crippen molar-refractivity contribution in [3.63, 3.8) is 0 Å². The summed E-state index contributed by atoms with van der Waals surface area (Å²) in [6.07, 6.45) is 3.36. The van der Waals surface area contributed by atoms with Crippen molar-refractivity contribution in [3.05, 3.63) is 41.7 Å². The van der Waals surface area contributed by atoms with Crippen molar-refractivity contribution in [3.8, 4) is 5.75 Å². The third-order valence-corrected chi connectivity index (χ3v) is 2.99. The molecule has 1 atom stereocenters. The Balaban J connectivity index is 2.20. The lowest BCUT2D eigenvalue weighted by Gasteiger charge is -2.20. The van der Waals surface area contributed by atoms with Crippen molar-refractivity contribution in [1.29, 1.82) is 0 Å². The zero-order chi connectivity index (χ0) is 13.7. The molecule has 3 heteroatoms. The van der Waals surface area contributed by atoms with Gasteiger partial charge in [0.05, 0.1) is 18.8 Å². The van der Waals surface area contributed by atoms with E-state index in [0.717, 1.165) is 31.1 Å². The zero-order valence-electron chi connectivity index (χ0n) is 12.0. The maximum atomic E-state index is 5.76. The first kappa shape index (κ1) is 13.9. The summed E-state index contributed by atoms with van der Waals surface area (Å²) in [4.78, 5) is 0. The molecule has 1 N–H and O–H groups in total. The van der Waals surface area contributed by atoms with Crippen LogP contribution in [0.25, 0.3) is 0 Å². The van der Waals surface area contributed by atoms with Gasteiger partial charge in [-0.2, -0.15) is 0 Å². The van der Waals surface area contributed by atoms with Gasteiger partial charge in [0, 0.05) is 6.42 Å². The molecule has 0 radical (unpaired) electrons. The van der Waals surface area contributed by atoms with E-state index in [4.69, 9.17) is 9.47 Å².